The van der Waals surface area contributed by atoms with E-state index < -0.39 is 0 Å². The Labute approximate surface area is 120 Å². The lowest BCUT2D eigenvalue weighted by molar-refractivity contribution is -0.121. The number of hydrogen-bond acceptors (Lipinski definition) is 1. The molecule has 0 saturated carbocycles. The number of unbranched alkanes of at least 4 members (excludes halogenated alkanes) is 7. The Morgan fingerprint density at radius 2 is 1.42 bits per heavy atom. The van der Waals surface area contributed by atoms with Crippen molar-refractivity contribution in [1.82, 2.24) is 5.32 Å². The molecular formula is C17H35NO. The van der Waals surface area contributed by atoms with Gasteiger partial charge in [-0.2, -0.15) is 0 Å². The van der Waals surface area contributed by atoms with Crippen LogP contribution in [0, 0.1) is 5.41 Å². The van der Waals surface area contributed by atoms with Crippen LogP contribution in [0.25, 0.3) is 0 Å². The van der Waals surface area contributed by atoms with Gasteiger partial charge in [-0.1, -0.05) is 72.6 Å². The molecule has 0 heterocycles. The second-order valence-corrected chi connectivity index (χ2v) is 6.89. The molecule has 2 nitrogen and oxygen atoms in total. The number of carbonyl (C=O) groups is 1. The normalized spacial score (nSPS) is 11.6. The van der Waals surface area contributed by atoms with Crippen LogP contribution in [-0.4, -0.2) is 12.5 Å². The summed E-state index contributed by atoms with van der Waals surface area (Å²) in [4.78, 5) is 11.6. The van der Waals surface area contributed by atoms with Crippen molar-refractivity contribution in [3.63, 3.8) is 0 Å². The third kappa shape index (κ3) is 15.4. The van der Waals surface area contributed by atoms with Crippen molar-refractivity contribution in [2.24, 2.45) is 5.41 Å². The molecule has 114 valence electrons. The summed E-state index contributed by atoms with van der Waals surface area (Å²) in [6.45, 7) is 9.65. The average Bonchev–Trinajstić information content (AvgIpc) is 2.33. The monoisotopic (exact) mass is 269 g/mol. The van der Waals surface area contributed by atoms with Gasteiger partial charge >= 0.3 is 0 Å². The minimum absolute atomic E-state index is 0.220. The number of rotatable bonds is 11. The van der Waals surface area contributed by atoms with E-state index in [1.165, 1.54) is 44.9 Å². The van der Waals surface area contributed by atoms with Gasteiger partial charge < -0.3 is 5.32 Å². The van der Waals surface area contributed by atoms with E-state index >= 15 is 0 Å². The first kappa shape index (κ1) is 18.5. The van der Waals surface area contributed by atoms with Crippen LogP contribution in [0.4, 0.5) is 0 Å². The summed E-state index contributed by atoms with van der Waals surface area (Å²) in [6, 6.07) is 0. The molecule has 0 aliphatic heterocycles. The quantitative estimate of drug-likeness (QED) is 0.521. The molecule has 0 fully saturated rings. The molecule has 0 bridgehead atoms. The molecule has 0 atom stereocenters. The third-order valence-electron chi connectivity index (χ3n) is 3.45. The maximum atomic E-state index is 11.6. The van der Waals surface area contributed by atoms with E-state index in [-0.39, 0.29) is 11.3 Å². The van der Waals surface area contributed by atoms with Gasteiger partial charge in [0.1, 0.15) is 0 Å². The molecule has 0 aliphatic carbocycles. The van der Waals surface area contributed by atoms with Gasteiger partial charge in [0.25, 0.3) is 0 Å². The van der Waals surface area contributed by atoms with Crippen molar-refractivity contribution in [3.8, 4) is 0 Å². The fraction of sp³-hybridized carbons (Fsp3) is 0.941. The topological polar surface area (TPSA) is 29.1 Å². The molecule has 0 saturated heterocycles. The van der Waals surface area contributed by atoms with Crippen LogP contribution in [0.2, 0.25) is 0 Å². The summed E-state index contributed by atoms with van der Waals surface area (Å²) < 4.78 is 0. The van der Waals surface area contributed by atoms with Crippen LogP contribution in [0.5, 0.6) is 0 Å². The van der Waals surface area contributed by atoms with E-state index in [1.54, 1.807) is 0 Å². The molecule has 2 heteroatoms. The molecule has 1 amide bonds. The van der Waals surface area contributed by atoms with Crippen LogP contribution in [0.1, 0.15) is 91.9 Å². The summed E-state index contributed by atoms with van der Waals surface area (Å²) in [7, 11) is 0. The van der Waals surface area contributed by atoms with Crippen molar-refractivity contribution < 1.29 is 4.79 Å². The predicted octanol–water partition coefficient (Wildman–Crippen LogP) is 5.07. The first-order valence-corrected chi connectivity index (χ1v) is 8.22. The lowest BCUT2D eigenvalue weighted by atomic mass is 9.90. The number of carbonyl (C=O) groups excluding carboxylic acids is 1. The van der Waals surface area contributed by atoms with E-state index in [0.717, 1.165) is 19.4 Å². The third-order valence-corrected chi connectivity index (χ3v) is 3.45. The van der Waals surface area contributed by atoms with Gasteiger partial charge in [0.2, 0.25) is 5.91 Å². The molecular weight excluding hydrogens is 234 g/mol. The minimum atomic E-state index is 0.220. The molecule has 19 heavy (non-hydrogen) atoms. The number of nitrogens with one attached hydrogen (secondary N) is 1. The van der Waals surface area contributed by atoms with Crippen molar-refractivity contribution in [1.29, 1.82) is 0 Å². The minimum Gasteiger partial charge on any atom is -0.356 e. The fourth-order valence-electron chi connectivity index (χ4n) is 2.06. The Bertz CT molecular complexity index is 218. The van der Waals surface area contributed by atoms with Crippen LogP contribution >= 0.6 is 0 Å². The zero-order chi connectivity index (χ0) is 14.6. The van der Waals surface area contributed by atoms with Gasteiger partial charge in [-0.25, -0.2) is 0 Å². The van der Waals surface area contributed by atoms with Crippen molar-refractivity contribution in [3.05, 3.63) is 0 Å². The Morgan fingerprint density at radius 1 is 0.895 bits per heavy atom. The standard InChI is InChI=1S/C17H35NO/c1-5-6-7-8-9-10-11-12-15-18-16(19)13-14-17(2,3)4/h5-15H2,1-4H3,(H,18,19). The Morgan fingerprint density at radius 3 is 1.95 bits per heavy atom. The highest BCUT2D eigenvalue weighted by Crippen LogP contribution is 2.20. The first-order chi connectivity index (χ1) is 8.95. The predicted molar refractivity (Wildman–Crippen MR) is 84.3 cm³/mol. The Balaban J connectivity index is 3.23. The molecule has 0 unspecified atom stereocenters. The number of hydrogen-bond donors (Lipinski definition) is 1. The van der Waals surface area contributed by atoms with Gasteiger partial charge in [0, 0.05) is 13.0 Å². The summed E-state index contributed by atoms with van der Waals surface area (Å²) >= 11 is 0. The van der Waals surface area contributed by atoms with Gasteiger partial charge in [-0.15, -0.1) is 0 Å². The molecule has 0 aliphatic rings. The van der Waals surface area contributed by atoms with E-state index in [0.29, 0.717) is 6.42 Å². The molecule has 0 aromatic carbocycles. The maximum Gasteiger partial charge on any atom is 0.220 e. The summed E-state index contributed by atoms with van der Waals surface area (Å²) in [5, 5.41) is 3.03. The molecule has 0 rings (SSSR count). The molecule has 1 N–H and O–H groups in total. The summed E-state index contributed by atoms with van der Waals surface area (Å²) in [5.41, 5.74) is 0.260. The molecule has 0 aromatic rings. The second kappa shape index (κ2) is 11.3. The van der Waals surface area contributed by atoms with Gasteiger partial charge in [0.05, 0.1) is 0 Å². The highest BCUT2D eigenvalue weighted by atomic mass is 16.1. The van der Waals surface area contributed by atoms with Gasteiger partial charge in [-0.3, -0.25) is 4.79 Å². The number of amides is 1. The zero-order valence-corrected chi connectivity index (χ0v) is 13.7. The van der Waals surface area contributed by atoms with Crippen molar-refractivity contribution in [2.45, 2.75) is 91.9 Å². The first-order valence-electron chi connectivity index (χ1n) is 8.22. The van der Waals surface area contributed by atoms with Crippen molar-refractivity contribution >= 4 is 5.91 Å². The van der Waals surface area contributed by atoms with Crippen molar-refractivity contribution in [2.75, 3.05) is 6.54 Å². The van der Waals surface area contributed by atoms with E-state index in [2.05, 4.69) is 33.0 Å². The maximum absolute atomic E-state index is 11.6. The fourth-order valence-corrected chi connectivity index (χ4v) is 2.06. The van der Waals surface area contributed by atoms with Crippen LogP contribution in [-0.2, 0) is 4.79 Å². The SMILES string of the molecule is CCCCCCCCCCNC(=O)CCC(C)(C)C. The Kier molecular flexibility index (Phi) is 11.0. The summed E-state index contributed by atoms with van der Waals surface area (Å²) in [6.07, 6.45) is 12.2. The largest absolute Gasteiger partial charge is 0.356 e. The van der Waals surface area contributed by atoms with Gasteiger partial charge in [-0.05, 0) is 18.3 Å². The van der Waals surface area contributed by atoms with Crippen LogP contribution in [0.15, 0.2) is 0 Å². The highest BCUT2D eigenvalue weighted by Gasteiger charge is 2.12. The van der Waals surface area contributed by atoms with Gasteiger partial charge in [0.15, 0.2) is 0 Å². The lowest BCUT2D eigenvalue weighted by Gasteiger charge is -2.17. The van der Waals surface area contributed by atoms with E-state index in [1.807, 2.05) is 0 Å². The highest BCUT2D eigenvalue weighted by molar-refractivity contribution is 5.75. The average molecular weight is 269 g/mol. The molecule has 0 radical (unpaired) electrons. The second-order valence-electron chi connectivity index (χ2n) is 6.89. The molecule has 0 spiro atoms. The lowest BCUT2D eigenvalue weighted by Crippen LogP contribution is -2.25. The Hall–Kier alpha value is -0.530. The van der Waals surface area contributed by atoms with Crippen LogP contribution in [0.3, 0.4) is 0 Å². The summed E-state index contributed by atoms with van der Waals surface area (Å²) in [5.74, 6) is 0.220. The zero-order valence-electron chi connectivity index (χ0n) is 13.7. The smallest absolute Gasteiger partial charge is 0.220 e. The van der Waals surface area contributed by atoms with E-state index in [9.17, 15) is 4.79 Å². The molecule has 0 aromatic heterocycles. The van der Waals surface area contributed by atoms with Crippen LogP contribution < -0.4 is 5.32 Å². The van der Waals surface area contributed by atoms with E-state index in [4.69, 9.17) is 0 Å².